The van der Waals surface area contributed by atoms with Crippen molar-refractivity contribution in [3.8, 4) is 5.75 Å². The van der Waals surface area contributed by atoms with Crippen molar-refractivity contribution < 1.29 is 14.3 Å². The molecule has 25 heavy (non-hydrogen) atoms. The van der Waals surface area contributed by atoms with Crippen LogP contribution in [0.15, 0.2) is 54.9 Å². The van der Waals surface area contributed by atoms with Crippen molar-refractivity contribution in [1.29, 1.82) is 0 Å². The molecule has 6 nitrogen and oxygen atoms in total. The number of amides is 2. The van der Waals surface area contributed by atoms with Crippen molar-refractivity contribution in [3.05, 3.63) is 60.4 Å². The second-order valence-electron chi connectivity index (χ2n) is 6.01. The molecule has 0 saturated heterocycles. The molecule has 1 aromatic carbocycles. The van der Waals surface area contributed by atoms with Crippen LogP contribution in [0, 0.1) is 0 Å². The summed E-state index contributed by atoms with van der Waals surface area (Å²) in [5.74, 6) is 0.230. The van der Waals surface area contributed by atoms with E-state index in [1.165, 1.54) is 0 Å². The zero-order chi connectivity index (χ0) is 18.0. The van der Waals surface area contributed by atoms with Gasteiger partial charge in [0.15, 0.2) is 6.10 Å². The Labute approximate surface area is 146 Å². The molecule has 0 saturated carbocycles. The number of rotatable bonds is 4. The summed E-state index contributed by atoms with van der Waals surface area (Å²) < 4.78 is 5.66. The highest BCUT2D eigenvalue weighted by Gasteiger charge is 2.31. The Morgan fingerprint density at radius 2 is 2.04 bits per heavy atom. The summed E-state index contributed by atoms with van der Waals surface area (Å²) >= 11 is 0. The number of anilines is 2. The van der Waals surface area contributed by atoms with E-state index in [0.717, 1.165) is 5.57 Å². The molecular formula is C19H19N3O3. The molecular weight excluding hydrogens is 318 g/mol. The summed E-state index contributed by atoms with van der Waals surface area (Å²) in [4.78, 5) is 30.3. The number of carbonyl (C=O) groups excluding carboxylic acids is 2. The lowest BCUT2D eigenvalue weighted by atomic mass is 10.1. The number of pyridine rings is 1. The quantitative estimate of drug-likeness (QED) is 0.871. The normalized spacial score (nSPS) is 16.0. The molecule has 0 aliphatic carbocycles. The Bertz CT molecular complexity index is 833. The number of hydrogen-bond donors (Lipinski definition) is 1. The van der Waals surface area contributed by atoms with Crippen LogP contribution >= 0.6 is 0 Å². The molecule has 1 atom stereocenters. The smallest absolute Gasteiger partial charge is 0.268 e. The number of carbonyl (C=O) groups is 2. The van der Waals surface area contributed by atoms with E-state index in [2.05, 4.69) is 16.9 Å². The van der Waals surface area contributed by atoms with Crippen LogP contribution in [0.2, 0.25) is 0 Å². The Morgan fingerprint density at radius 3 is 2.72 bits per heavy atom. The minimum absolute atomic E-state index is 0.131. The average molecular weight is 337 g/mol. The maximum atomic E-state index is 12.4. The number of fused-ring (bicyclic) bond motifs is 1. The van der Waals surface area contributed by atoms with Gasteiger partial charge < -0.3 is 15.0 Å². The average Bonchev–Trinajstić information content (AvgIpc) is 2.60. The van der Waals surface area contributed by atoms with Crippen molar-refractivity contribution in [2.75, 3.05) is 16.8 Å². The van der Waals surface area contributed by atoms with Gasteiger partial charge in [-0.25, -0.2) is 0 Å². The number of nitrogens with one attached hydrogen (secondary N) is 1. The zero-order valence-electron chi connectivity index (χ0n) is 14.2. The largest absolute Gasteiger partial charge is 0.479 e. The first-order chi connectivity index (χ1) is 12.0. The van der Waals surface area contributed by atoms with Gasteiger partial charge >= 0.3 is 0 Å². The first-order valence-corrected chi connectivity index (χ1v) is 7.93. The third-order valence-electron chi connectivity index (χ3n) is 3.80. The van der Waals surface area contributed by atoms with E-state index in [4.69, 9.17) is 4.74 Å². The third-order valence-corrected chi connectivity index (χ3v) is 3.80. The molecule has 1 aliphatic rings. The van der Waals surface area contributed by atoms with Gasteiger partial charge in [0.2, 0.25) is 0 Å². The lowest BCUT2D eigenvalue weighted by molar-refractivity contribution is -0.125. The Kier molecular flexibility index (Phi) is 4.52. The predicted octanol–water partition coefficient (Wildman–Crippen LogP) is 3.02. The first kappa shape index (κ1) is 16.7. The molecule has 1 unspecified atom stereocenters. The molecule has 1 aliphatic heterocycles. The standard InChI is InChI=1S/C19H19N3O3/c1-12(2)11-22-16-10-15(4-5-17(16)25-13(3)19(22)24)21-18(23)14-6-8-20-9-7-14/h4-10,13H,1,11H2,2-3H3,(H,21,23). The van der Waals surface area contributed by atoms with Crippen LogP contribution in [0.3, 0.4) is 0 Å². The third kappa shape index (κ3) is 3.52. The molecule has 0 bridgehead atoms. The van der Waals surface area contributed by atoms with Crippen LogP contribution in [-0.2, 0) is 4.79 Å². The van der Waals surface area contributed by atoms with Crippen molar-refractivity contribution >= 4 is 23.2 Å². The molecule has 0 fully saturated rings. The molecule has 2 aromatic rings. The molecule has 0 radical (unpaired) electrons. The molecule has 3 rings (SSSR count). The van der Waals surface area contributed by atoms with Crippen LogP contribution in [0.25, 0.3) is 0 Å². The van der Waals surface area contributed by atoms with Crippen LogP contribution in [0.5, 0.6) is 5.75 Å². The van der Waals surface area contributed by atoms with Crippen molar-refractivity contribution in [2.45, 2.75) is 20.0 Å². The van der Waals surface area contributed by atoms with Crippen molar-refractivity contribution in [1.82, 2.24) is 4.98 Å². The Morgan fingerprint density at radius 1 is 1.32 bits per heavy atom. The lowest BCUT2D eigenvalue weighted by Gasteiger charge is -2.33. The van der Waals surface area contributed by atoms with Crippen LogP contribution in [0.1, 0.15) is 24.2 Å². The number of benzene rings is 1. The zero-order valence-corrected chi connectivity index (χ0v) is 14.2. The van der Waals surface area contributed by atoms with Crippen LogP contribution in [-0.4, -0.2) is 29.4 Å². The molecule has 2 heterocycles. The van der Waals surface area contributed by atoms with Crippen LogP contribution < -0.4 is 15.0 Å². The van der Waals surface area contributed by atoms with E-state index in [1.807, 2.05) is 6.92 Å². The molecule has 1 aromatic heterocycles. The summed E-state index contributed by atoms with van der Waals surface area (Å²) in [6.45, 7) is 7.87. The minimum Gasteiger partial charge on any atom is -0.479 e. The molecule has 0 spiro atoms. The number of nitrogens with zero attached hydrogens (tertiary/aromatic N) is 2. The van der Waals surface area contributed by atoms with E-state index < -0.39 is 6.10 Å². The Hall–Kier alpha value is -3.15. The van der Waals surface area contributed by atoms with Crippen LogP contribution in [0.4, 0.5) is 11.4 Å². The lowest BCUT2D eigenvalue weighted by Crippen LogP contribution is -2.45. The molecule has 128 valence electrons. The second kappa shape index (κ2) is 6.76. The fourth-order valence-corrected chi connectivity index (χ4v) is 2.62. The summed E-state index contributed by atoms with van der Waals surface area (Å²) in [5, 5.41) is 2.83. The van der Waals surface area contributed by atoms with Gasteiger partial charge in [-0.05, 0) is 44.2 Å². The van der Waals surface area contributed by atoms with E-state index in [-0.39, 0.29) is 11.8 Å². The Balaban J connectivity index is 1.90. The first-order valence-electron chi connectivity index (χ1n) is 7.93. The number of ether oxygens (including phenoxy) is 1. The minimum atomic E-state index is -0.552. The topological polar surface area (TPSA) is 71.5 Å². The van der Waals surface area contributed by atoms with Gasteiger partial charge in [-0.3, -0.25) is 14.6 Å². The van der Waals surface area contributed by atoms with E-state index in [1.54, 1.807) is 54.5 Å². The highest BCUT2D eigenvalue weighted by atomic mass is 16.5. The number of aromatic nitrogens is 1. The van der Waals surface area contributed by atoms with Gasteiger partial charge in [-0.2, -0.15) is 0 Å². The maximum absolute atomic E-state index is 12.4. The predicted molar refractivity (Wildman–Crippen MR) is 95.9 cm³/mol. The summed E-state index contributed by atoms with van der Waals surface area (Å²) in [6, 6.07) is 8.51. The molecule has 6 heteroatoms. The molecule has 1 N–H and O–H groups in total. The SMILES string of the molecule is C=C(C)CN1C(=O)C(C)Oc2ccc(NC(=O)c3ccncc3)cc21. The fraction of sp³-hybridized carbons (Fsp3) is 0.211. The van der Waals surface area contributed by atoms with E-state index in [9.17, 15) is 9.59 Å². The number of hydrogen-bond acceptors (Lipinski definition) is 4. The van der Waals surface area contributed by atoms with Gasteiger partial charge in [0.25, 0.3) is 11.8 Å². The van der Waals surface area contributed by atoms with Gasteiger partial charge in [0.1, 0.15) is 5.75 Å². The van der Waals surface area contributed by atoms with Gasteiger partial charge in [-0.15, -0.1) is 0 Å². The monoisotopic (exact) mass is 337 g/mol. The maximum Gasteiger partial charge on any atom is 0.268 e. The summed E-state index contributed by atoms with van der Waals surface area (Å²) in [6.07, 6.45) is 2.57. The van der Waals surface area contributed by atoms with Crippen molar-refractivity contribution in [2.24, 2.45) is 0 Å². The second-order valence-corrected chi connectivity index (χ2v) is 6.01. The highest BCUT2D eigenvalue weighted by Crippen LogP contribution is 2.36. The summed E-state index contributed by atoms with van der Waals surface area (Å²) in [5.41, 5.74) is 2.57. The van der Waals surface area contributed by atoms with Gasteiger partial charge in [0, 0.05) is 30.2 Å². The molecule has 2 amide bonds. The van der Waals surface area contributed by atoms with Crippen molar-refractivity contribution in [3.63, 3.8) is 0 Å². The van der Waals surface area contributed by atoms with Gasteiger partial charge in [-0.1, -0.05) is 12.2 Å². The summed E-state index contributed by atoms with van der Waals surface area (Å²) in [7, 11) is 0. The fourth-order valence-electron chi connectivity index (χ4n) is 2.62. The van der Waals surface area contributed by atoms with E-state index >= 15 is 0 Å². The van der Waals surface area contributed by atoms with Gasteiger partial charge in [0.05, 0.1) is 5.69 Å². The van der Waals surface area contributed by atoms with E-state index in [0.29, 0.717) is 29.2 Å². The highest BCUT2D eigenvalue weighted by molar-refractivity contribution is 6.05.